The first kappa shape index (κ1) is 57.1. The van der Waals surface area contributed by atoms with Crippen molar-refractivity contribution in [3.8, 4) is 12.5 Å². The van der Waals surface area contributed by atoms with Gasteiger partial charge in [0.25, 0.3) is 0 Å². The molecular weight excluding hydrogens is 881 g/mol. The number of aliphatic hydroxyl groups is 4. The molecule has 18 heteroatoms. The molecule has 0 spiro atoms. The van der Waals surface area contributed by atoms with Crippen LogP contribution in [-0.4, -0.2) is 173 Å². The predicted octanol–water partition coefficient (Wildman–Crippen LogP) is 2.61. The second-order valence-corrected chi connectivity index (χ2v) is 19.5. The number of rotatable bonds is 28. The minimum Gasteiger partial charge on any atom is -0.444 e. The Morgan fingerprint density at radius 3 is 2.15 bits per heavy atom. The number of carbonyl (C=O) groups excluding carboxylic acids is 4. The molecular formula is C49H78N6O11S. The zero-order valence-electron chi connectivity index (χ0n) is 41.3. The lowest BCUT2D eigenvalue weighted by atomic mass is 9.89. The second-order valence-electron chi connectivity index (χ2n) is 18.6. The van der Waals surface area contributed by atoms with E-state index in [-0.39, 0.29) is 60.5 Å². The Morgan fingerprint density at radius 2 is 1.60 bits per heavy atom. The number of thiazole rings is 1. The third-order valence-corrected chi connectivity index (χ3v) is 14.1. The van der Waals surface area contributed by atoms with Crippen LogP contribution in [0.25, 0.3) is 0 Å². The maximum absolute atomic E-state index is 14.6. The number of hydrogen-bond acceptors (Lipinski definition) is 14. The van der Waals surface area contributed by atoms with E-state index < -0.39 is 73.2 Å². The number of ether oxygens (including phenoxy) is 3. The molecule has 67 heavy (non-hydrogen) atoms. The standard InChI is InChI=1S/C49H78N6O11S/c1-13-31(7)42(54(10)49(63)40(29(3)4)52-47(62)41(30(5)6)53(9)27-36(56)43(59)44(60)37(57)28-66-14-2)38(64-11)26-39(58)55-23-18-21-35(55)45(65-12)32(8)46(61)51-34(48-50-22-24-67-48)25-33-19-16-15-17-20-33/h2,15-17,19-20,22,24,29-32,34-38,40-45,56-57,59-60H,13,18,21,23,25-28H2,1,3-12H3,(H,51,61)(H,52,62)/t31-,32+,34+,35?,36-,37-,38?,40+,41+,42-,43-,44-,45+/m1/s1. The number of likely N-dealkylation sites (N-methyl/N-ethyl adjacent to an activating group) is 2. The molecule has 1 aliphatic rings. The summed E-state index contributed by atoms with van der Waals surface area (Å²) >= 11 is 1.48. The van der Waals surface area contributed by atoms with Crippen LogP contribution >= 0.6 is 11.3 Å². The van der Waals surface area contributed by atoms with Gasteiger partial charge in [-0.05, 0) is 49.6 Å². The van der Waals surface area contributed by atoms with Gasteiger partial charge in [-0.1, -0.05) is 91.6 Å². The average molecular weight is 959 g/mol. The van der Waals surface area contributed by atoms with Gasteiger partial charge < -0.3 is 55.1 Å². The highest BCUT2D eigenvalue weighted by molar-refractivity contribution is 7.09. The number of benzene rings is 1. The number of nitrogens with one attached hydrogen (secondary N) is 2. The lowest BCUT2D eigenvalue weighted by Gasteiger charge is -2.41. The monoisotopic (exact) mass is 959 g/mol. The number of terminal acetylenes is 1. The Bertz CT molecular complexity index is 1850. The van der Waals surface area contributed by atoms with Crippen LogP contribution in [0.5, 0.6) is 0 Å². The summed E-state index contributed by atoms with van der Waals surface area (Å²) in [5.41, 5.74) is 1.06. The summed E-state index contributed by atoms with van der Waals surface area (Å²) in [6.45, 7) is 12.8. The van der Waals surface area contributed by atoms with Crippen molar-refractivity contribution in [2.75, 3.05) is 48.0 Å². The molecule has 0 aliphatic carbocycles. The predicted molar refractivity (Wildman–Crippen MR) is 256 cm³/mol. The van der Waals surface area contributed by atoms with Gasteiger partial charge >= 0.3 is 0 Å². The summed E-state index contributed by atoms with van der Waals surface area (Å²) in [7, 11) is 6.32. The van der Waals surface area contributed by atoms with Crippen molar-refractivity contribution in [3.63, 3.8) is 0 Å². The smallest absolute Gasteiger partial charge is 0.245 e. The lowest BCUT2D eigenvalue weighted by molar-refractivity contribution is -0.148. The Labute approximate surface area is 401 Å². The van der Waals surface area contributed by atoms with E-state index >= 15 is 0 Å². The van der Waals surface area contributed by atoms with Crippen molar-refractivity contribution in [2.45, 2.75) is 147 Å². The van der Waals surface area contributed by atoms with E-state index in [2.05, 4.69) is 20.4 Å². The van der Waals surface area contributed by atoms with Crippen molar-refractivity contribution in [3.05, 3.63) is 52.5 Å². The summed E-state index contributed by atoms with van der Waals surface area (Å²) in [4.78, 5) is 66.5. The highest BCUT2D eigenvalue weighted by Crippen LogP contribution is 2.31. The largest absolute Gasteiger partial charge is 0.444 e. The van der Waals surface area contributed by atoms with Crippen LogP contribution in [0.1, 0.15) is 90.8 Å². The van der Waals surface area contributed by atoms with Crippen LogP contribution in [0.3, 0.4) is 0 Å². The average Bonchev–Trinajstić information content (AvgIpc) is 4.03. The van der Waals surface area contributed by atoms with Crippen LogP contribution in [0, 0.1) is 36.2 Å². The fraction of sp³-hybridized carbons (Fsp3) is 0.694. The highest BCUT2D eigenvalue weighted by atomic mass is 32.1. The molecule has 13 atom stereocenters. The van der Waals surface area contributed by atoms with Gasteiger partial charge in [0.15, 0.2) is 0 Å². The van der Waals surface area contributed by atoms with Gasteiger partial charge in [-0.25, -0.2) is 4.98 Å². The van der Waals surface area contributed by atoms with Gasteiger partial charge in [0.05, 0.1) is 54.8 Å². The first-order valence-electron chi connectivity index (χ1n) is 23.4. The van der Waals surface area contributed by atoms with E-state index in [0.717, 1.165) is 17.0 Å². The topological polar surface area (TPSA) is 224 Å². The third-order valence-electron chi connectivity index (χ3n) is 13.2. The molecule has 1 aromatic carbocycles. The molecule has 3 rings (SSSR count). The minimum atomic E-state index is -1.79. The number of likely N-dealkylation sites (tertiary alicyclic amines) is 1. The Kier molecular flexibility index (Phi) is 23.6. The van der Waals surface area contributed by atoms with Crippen LogP contribution < -0.4 is 10.6 Å². The molecule has 1 aliphatic heterocycles. The van der Waals surface area contributed by atoms with Crippen LogP contribution in [0.4, 0.5) is 0 Å². The van der Waals surface area contributed by atoms with Crippen molar-refractivity contribution in [2.24, 2.45) is 23.7 Å². The van der Waals surface area contributed by atoms with Crippen molar-refractivity contribution in [1.82, 2.24) is 30.3 Å². The van der Waals surface area contributed by atoms with Gasteiger partial charge in [-0.3, -0.25) is 24.1 Å². The van der Waals surface area contributed by atoms with E-state index in [4.69, 9.17) is 15.9 Å². The summed E-state index contributed by atoms with van der Waals surface area (Å²) in [6, 6.07) is 6.73. The molecule has 0 saturated carbocycles. The second kappa shape index (κ2) is 27.7. The van der Waals surface area contributed by atoms with E-state index in [1.807, 2.05) is 76.4 Å². The maximum Gasteiger partial charge on any atom is 0.245 e. The van der Waals surface area contributed by atoms with E-state index in [0.29, 0.717) is 25.8 Å². The summed E-state index contributed by atoms with van der Waals surface area (Å²) in [6.07, 6.45) is 3.09. The third kappa shape index (κ3) is 15.7. The Morgan fingerprint density at radius 1 is 0.940 bits per heavy atom. The molecule has 2 unspecified atom stereocenters. The van der Waals surface area contributed by atoms with E-state index in [1.165, 1.54) is 23.3 Å². The Balaban J connectivity index is 1.77. The summed E-state index contributed by atoms with van der Waals surface area (Å²) < 4.78 is 16.8. The molecule has 17 nitrogen and oxygen atoms in total. The first-order chi connectivity index (χ1) is 31.7. The van der Waals surface area contributed by atoms with Crippen LogP contribution in [0.15, 0.2) is 41.9 Å². The molecule has 2 heterocycles. The number of nitrogens with zero attached hydrogens (tertiary/aromatic N) is 4. The van der Waals surface area contributed by atoms with E-state index in [9.17, 15) is 39.6 Å². The van der Waals surface area contributed by atoms with Gasteiger partial charge in [-0.2, -0.15) is 0 Å². The van der Waals surface area contributed by atoms with Crippen LogP contribution in [0.2, 0.25) is 0 Å². The van der Waals surface area contributed by atoms with Crippen molar-refractivity contribution in [1.29, 1.82) is 0 Å². The number of aliphatic hydroxyl groups excluding tert-OH is 4. The maximum atomic E-state index is 14.6. The number of carbonyl (C=O) groups is 4. The highest BCUT2D eigenvalue weighted by Gasteiger charge is 2.44. The molecule has 4 amide bonds. The molecule has 376 valence electrons. The summed E-state index contributed by atoms with van der Waals surface area (Å²) in [5, 5.41) is 50.8. The molecule has 6 N–H and O–H groups in total. The first-order valence-corrected chi connectivity index (χ1v) is 24.3. The zero-order chi connectivity index (χ0) is 50.1. The molecule has 0 bridgehead atoms. The Hall–Kier alpha value is -4.19. The molecule has 0 radical (unpaired) electrons. The number of hydrogen-bond donors (Lipinski definition) is 6. The molecule has 2 aromatic rings. The molecule has 1 saturated heterocycles. The van der Waals surface area contributed by atoms with E-state index in [1.54, 1.807) is 51.0 Å². The van der Waals surface area contributed by atoms with Crippen molar-refractivity contribution >= 4 is 35.0 Å². The fourth-order valence-electron chi connectivity index (χ4n) is 9.25. The quantitative estimate of drug-likeness (QED) is 0.0677. The molecule has 1 aromatic heterocycles. The minimum absolute atomic E-state index is 0.0460. The van der Waals surface area contributed by atoms with Gasteiger partial charge in [0.2, 0.25) is 23.6 Å². The fourth-order valence-corrected chi connectivity index (χ4v) is 9.94. The summed E-state index contributed by atoms with van der Waals surface area (Å²) in [5.74, 6) is -2.69. The van der Waals surface area contributed by atoms with Crippen molar-refractivity contribution < 1.29 is 53.8 Å². The number of methoxy groups -OCH3 is 2. The normalized spacial score (nSPS) is 19.5. The number of aromatic nitrogens is 1. The molecule has 1 fully saturated rings. The SMILES string of the molecule is C#COC[C@@H](O)[C@@H](O)[C@H](O)[C@H](O)CN(C)[C@H](C(=O)N[C@H](C(=O)N(C)[C@@H](C(CC(=O)N1CCCC1[C@@H](OC)[C@H](C)C(=O)N[C@@H](Cc1ccccc1)c1nccs1)OC)[C@H](C)CC)C(C)C)C(C)C. The van der Waals surface area contributed by atoms with Crippen LogP contribution in [-0.2, 0) is 39.8 Å². The number of amides is 4. The lowest BCUT2D eigenvalue weighted by Crippen LogP contribution is -2.60. The van der Waals surface area contributed by atoms with Gasteiger partial charge in [-0.15, -0.1) is 11.3 Å². The van der Waals surface area contributed by atoms with Gasteiger partial charge in [0.1, 0.15) is 42.1 Å². The zero-order valence-corrected chi connectivity index (χ0v) is 42.1. The van der Waals surface area contributed by atoms with Gasteiger partial charge in [0, 0.05) is 45.9 Å².